The highest BCUT2D eigenvalue weighted by Gasteiger charge is 2.07. The van der Waals surface area contributed by atoms with Gasteiger partial charge in [-0.2, -0.15) is 0 Å². The van der Waals surface area contributed by atoms with E-state index in [2.05, 4.69) is 4.98 Å². The van der Waals surface area contributed by atoms with E-state index in [4.69, 9.17) is 4.74 Å². The van der Waals surface area contributed by atoms with Gasteiger partial charge < -0.3 is 4.74 Å². The Balaban J connectivity index is 2.49. The molecule has 3 heteroatoms. The van der Waals surface area contributed by atoms with E-state index >= 15 is 0 Å². The number of rotatable bonds is 3. The van der Waals surface area contributed by atoms with E-state index < -0.39 is 0 Å². The van der Waals surface area contributed by atoms with Gasteiger partial charge in [-0.3, -0.25) is 4.98 Å². The third-order valence-corrected chi connectivity index (χ3v) is 2.54. The molecule has 0 radical (unpaired) electrons. The van der Waals surface area contributed by atoms with Crippen molar-refractivity contribution in [3.63, 3.8) is 0 Å². The Morgan fingerprint density at radius 3 is 2.28 bits per heavy atom. The molecular formula is C15H13NO2. The van der Waals surface area contributed by atoms with E-state index in [9.17, 15) is 4.79 Å². The first kappa shape index (κ1) is 12.0. The maximum Gasteiger partial charge on any atom is 0.331 e. The summed E-state index contributed by atoms with van der Waals surface area (Å²) in [6.45, 7) is 0. The fourth-order valence-corrected chi connectivity index (χ4v) is 1.66. The van der Waals surface area contributed by atoms with Gasteiger partial charge in [-0.05, 0) is 28.8 Å². The fraction of sp³-hybridized carbons (Fsp3) is 0.0667. The summed E-state index contributed by atoms with van der Waals surface area (Å²) in [6.07, 6.45) is 4.89. The van der Waals surface area contributed by atoms with Gasteiger partial charge in [0.1, 0.15) is 0 Å². The Morgan fingerprint density at radius 2 is 1.67 bits per heavy atom. The van der Waals surface area contributed by atoms with Gasteiger partial charge in [-0.25, -0.2) is 4.79 Å². The van der Waals surface area contributed by atoms with Crippen molar-refractivity contribution in [2.45, 2.75) is 0 Å². The molecule has 90 valence electrons. The largest absolute Gasteiger partial charge is 0.466 e. The normalized spacial score (nSPS) is 11.1. The highest BCUT2D eigenvalue weighted by atomic mass is 16.5. The molecule has 0 aliphatic rings. The van der Waals surface area contributed by atoms with Crippen LogP contribution in [-0.4, -0.2) is 18.1 Å². The number of benzene rings is 1. The summed E-state index contributed by atoms with van der Waals surface area (Å²) in [5, 5.41) is 0. The molecule has 2 rings (SSSR count). The van der Waals surface area contributed by atoms with E-state index in [1.165, 1.54) is 13.2 Å². The summed E-state index contributed by atoms with van der Waals surface area (Å²) in [4.78, 5) is 15.4. The van der Waals surface area contributed by atoms with Crippen molar-refractivity contribution in [2.75, 3.05) is 7.11 Å². The molecule has 0 aliphatic carbocycles. The molecule has 1 aromatic heterocycles. The number of hydrogen-bond acceptors (Lipinski definition) is 3. The van der Waals surface area contributed by atoms with Crippen molar-refractivity contribution in [1.29, 1.82) is 0 Å². The van der Waals surface area contributed by atoms with E-state index in [1.54, 1.807) is 12.4 Å². The molecular weight excluding hydrogens is 226 g/mol. The van der Waals surface area contributed by atoms with Gasteiger partial charge in [-0.15, -0.1) is 0 Å². The molecule has 0 saturated carbocycles. The summed E-state index contributed by atoms with van der Waals surface area (Å²) in [7, 11) is 1.37. The number of pyridine rings is 1. The zero-order valence-electron chi connectivity index (χ0n) is 10.0. The van der Waals surface area contributed by atoms with Crippen LogP contribution in [0.5, 0.6) is 0 Å². The molecule has 0 spiro atoms. The quantitative estimate of drug-likeness (QED) is 0.610. The van der Waals surface area contributed by atoms with Crippen LogP contribution in [-0.2, 0) is 9.53 Å². The maximum absolute atomic E-state index is 11.5. The molecule has 0 amide bonds. The zero-order valence-corrected chi connectivity index (χ0v) is 10.0. The van der Waals surface area contributed by atoms with Crippen molar-refractivity contribution in [2.24, 2.45) is 0 Å². The van der Waals surface area contributed by atoms with E-state index in [0.29, 0.717) is 0 Å². The molecule has 0 bridgehead atoms. The minimum Gasteiger partial charge on any atom is -0.466 e. The summed E-state index contributed by atoms with van der Waals surface area (Å²) in [5.74, 6) is -0.370. The van der Waals surface area contributed by atoms with Gasteiger partial charge >= 0.3 is 5.97 Å². The topological polar surface area (TPSA) is 39.2 Å². The minimum atomic E-state index is -0.370. The molecule has 1 aromatic carbocycles. The van der Waals surface area contributed by atoms with Gasteiger partial charge in [0.15, 0.2) is 0 Å². The Morgan fingerprint density at radius 1 is 1.06 bits per heavy atom. The highest BCUT2D eigenvalue weighted by Crippen LogP contribution is 2.22. The second kappa shape index (κ2) is 5.77. The predicted molar refractivity (Wildman–Crippen MR) is 69.8 cm³/mol. The van der Waals surface area contributed by atoms with Gasteiger partial charge in [0.25, 0.3) is 0 Å². The number of hydrogen-bond donors (Lipinski definition) is 0. The average molecular weight is 239 g/mol. The first-order chi connectivity index (χ1) is 8.81. The minimum absolute atomic E-state index is 0.370. The van der Waals surface area contributed by atoms with E-state index in [-0.39, 0.29) is 5.97 Å². The van der Waals surface area contributed by atoms with Crippen molar-refractivity contribution < 1.29 is 9.53 Å². The highest BCUT2D eigenvalue weighted by molar-refractivity contribution is 5.96. The van der Waals surface area contributed by atoms with Crippen LogP contribution in [0.25, 0.3) is 5.57 Å². The lowest BCUT2D eigenvalue weighted by Crippen LogP contribution is -1.98. The molecule has 0 N–H and O–H groups in total. The molecule has 0 unspecified atom stereocenters. The summed E-state index contributed by atoms with van der Waals surface area (Å²) in [5.41, 5.74) is 2.72. The summed E-state index contributed by atoms with van der Waals surface area (Å²) < 4.78 is 4.69. The van der Waals surface area contributed by atoms with Crippen molar-refractivity contribution >= 4 is 11.5 Å². The second-order valence-electron chi connectivity index (χ2n) is 3.68. The Bertz CT molecular complexity index is 506. The zero-order chi connectivity index (χ0) is 12.8. The number of aromatic nitrogens is 1. The van der Waals surface area contributed by atoms with Gasteiger partial charge in [-0.1, -0.05) is 30.3 Å². The average Bonchev–Trinajstić information content (AvgIpc) is 2.46. The Labute approximate surface area is 106 Å². The third-order valence-electron chi connectivity index (χ3n) is 2.54. The number of methoxy groups -OCH3 is 1. The number of ether oxygens (including phenoxy) is 1. The molecule has 3 nitrogen and oxygen atoms in total. The molecule has 0 saturated heterocycles. The molecule has 1 heterocycles. The molecule has 0 atom stereocenters. The molecule has 2 aromatic rings. The van der Waals surface area contributed by atoms with Gasteiger partial charge in [0.2, 0.25) is 0 Å². The standard InChI is InChI=1S/C15H13NO2/c1-18-15(17)11-14(12-5-3-2-4-6-12)13-7-9-16-10-8-13/h2-11H,1H3/b14-11-. The monoisotopic (exact) mass is 239 g/mol. The summed E-state index contributed by atoms with van der Waals surface area (Å²) >= 11 is 0. The molecule has 18 heavy (non-hydrogen) atoms. The number of carbonyl (C=O) groups excluding carboxylic acids is 1. The Hall–Kier alpha value is -2.42. The van der Waals surface area contributed by atoms with Crippen LogP contribution in [0.2, 0.25) is 0 Å². The van der Waals surface area contributed by atoms with Crippen LogP contribution < -0.4 is 0 Å². The fourth-order valence-electron chi connectivity index (χ4n) is 1.66. The van der Waals surface area contributed by atoms with Crippen molar-refractivity contribution in [3.05, 3.63) is 72.1 Å². The number of carbonyl (C=O) groups is 1. The van der Waals surface area contributed by atoms with Crippen LogP contribution in [0.3, 0.4) is 0 Å². The van der Waals surface area contributed by atoms with Crippen LogP contribution in [0.1, 0.15) is 11.1 Å². The number of esters is 1. The lowest BCUT2D eigenvalue weighted by Gasteiger charge is -2.07. The third kappa shape index (κ3) is 2.83. The lowest BCUT2D eigenvalue weighted by atomic mass is 9.98. The second-order valence-corrected chi connectivity index (χ2v) is 3.68. The van der Waals surface area contributed by atoms with E-state index in [1.807, 2.05) is 42.5 Å². The lowest BCUT2D eigenvalue weighted by molar-refractivity contribution is -0.134. The Kier molecular flexibility index (Phi) is 3.86. The maximum atomic E-state index is 11.5. The van der Waals surface area contributed by atoms with Gasteiger partial charge in [0.05, 0.1) is 7.11 Å². The van der Waals surface area contributed by atoms with Crippen LogP contribution in [0.15, 0.2) is 60.9 Å². The summed E-state index contributed by atoms with van der Waals surface area (Å²) in [6, 6.07) is 13.4. The number of nitrogens with zero attached hydrogens (tertiary/aromatic N) is 1. The van der Waals surface area contributed by atoms with Crippen molar-refractivity contribution in [3.8, 4) is 0 Å². The smallest absolute Gasteiger partial charge is 0.331 e. The van der Waals surface area contributed by atoms with Crippen LogP contribution in [0.4, 0.5) is 0 Å². The predicted octanol–water partition coefficient (Wildman–Crippen LogP) is 2.69. The van der Waals surface area contributed by atoms with Crippen molar-refractivity contribution in [1.82, 2.24) is 4.98 Å². The van der Waals surface area contributed by atoms with E-state index in [0.717, 1.165) is 16.7 Å². The molecule has 0 aliphatic heterocycles. The first-order valence-corrected chi connectivity index (χ1v) is 5.56. The molecule has 0 fully saturated rings. The SMILES string of the molecule is COC(=O)/C=C(/c1ccccc1)c1ccncc1. The van der Waals surface area contributed by atoms with Gasteiger partial charge in [0, 0.05) is 18.5 Å². The van der Waals surface area contributed by atoms with Crippen LogP contribution >= 0.6 is 0 Å². The van der Waals surface area contributed by atoms with Crippen LogP contribution in [0, 0.1) is 0 Å². The first-order valence-electron chi connectivity index (χ1n) is 5.56.